The van der Waals surface area contributed by atoms with Gasteiger partial charge in [0.15, 0.2) is 0 Å². The molecule has 0 heteroatoms. The summed E-state index contributed by atoms with van der Waals surface area (Å²) in [4.78, 5) is 0. The molecule has 0 aromatic heterocycles. The molecule has 0 spiro atoms. The standard InChI is InChI=1S/C21H22/c1-17-15-18(2)21(19(3)16-17)14-10-5-4-7-11-20-12-8-6-9-13-20/h4-16H,1-3H3. The number of aryl methyl sites for hydroxylation is 3. The van der Waals surface area contributed by atoms with Gasteiger partial charge in [0.1, 0.15) is 0 Å². The topological polar surface area (TPSA) is 0 Å². The van der Waals surface area contributed by atoms with E-state index in [4.69, 9.17) is 0 Å². The number of hydrogen-bond acceptors (Lipinski definition) is 0. The summed E-state index contributed by atoms with van der Waals surface area (Å²) in [6, 6.07) is 14.8. The molecule has 0 N–H and O–H groups in total. The van der Waals surface area contributed by atoms with Crippen LogP contribution in [0.5, 0.6) is 0 Å². The third kappa shape index (κ3) is 4.61. The summed E-state index contributed by atoms with van der Waals surface area (Å²) in [5, 5.41) is 0. The van der Waals surface area contributed by atoms with Gasteiger partial charge in [-0.3, -0.25) is 0 Å². The van der Waals surface area contributed by atoms with Gasteiger partial charge in [0, 0.05) is 0 Å². The third-order valence-corrected chi connectivity index (χ3v) is 3.42. The average molecular weight is 274 g/mol. The fourth-order valence-electron chi connectivity index (χ4n) is 2.46. The van der Waals surface area contributed by atoms with Crippen molar-refractivity contribution in [3.8, 4) is 0 Å². The Balaban J connectivity index is 2.00. The first kappa shape index (κ1) is 15.1. The van der Waals surface area contributed by atoms with Crippen LogP contribution in [0.2, 0.25) is 0 Å². The van der Waals surface area contributed by atoms with Crippen molar-refractivity contribution >= 4 is 12.2 Å². The van der Waals surface area contributed by atoms with E-state index in [0.717, 1.165) is 0 Å². The SMILES string of the molecule is Cc1cc(C)c(C=CC=CC=Cc2ccccc2)c(C)c1. The molecule has 106 valence electrons. The van der Waals surface area contributed by atoms with Gasteiger partial charge < -0.3 is 0 Å². The minimum Gasteiger partial charge on any atom is -0.0622 e. The number of benzene rings is 2. The van der Waals surface area contributed by atoms with E-state index >= 15 is 0 Å². The smallest absolute Gasteiger partial charge is 0.0198 e. The maximum absolute atomic E-state index is 2.23. The summed E-state index contributed by atoms with van der Waals surface area (Å²) in [7, 11) is 0. The van der Waals surface area contributed by atoms with Crippen molar-refractivity contribution in [1.29, 1.82) is 0 Å². The van der Waals surface area contributed by atoms with Gasteiger partial charge in [-0.25, -0.2) is 0 Å². The lowest BCUT2D eigenvalue weighted by Gasteiger charge is -2.06. The monoisotopic (exact) mass is 274 g/mol. The summed E-state index contributed by atoms with van der Waals surface area (Å²) in [6.45, 7) is 6.47. The Morgan fingerprint density at radius 2 is 1.24 bits per heavy atom. The summed E-state index contributed by atoms with van der Waals surface area (Å²) in [5.41, 5.74) is 6.52. The van der Waals surface area contributed by atoms with Crippen LogP contribution in [0.4, 0.5) is 0 Å². The molecule has 0 saturated heterocycles. The van der Waals surface area contributed by atoms with Gasteiger partial charge in [-0.05, 0) is 43.0 Å². The first-order valence-electron chi connectivity index (χ1n) is 7.31. The first-order valence-corrected chi connectivity index (χ1v) is 7.31. The molecule has 2 aromatic carbocycles. The molecule has 0 amide bonds. The number of hydrogen-bond donors (Lipinski definition) is 0. The van der Waals surface area contributed by atoms with E-state index < -0.39 is 0 Å². The molecule has 2 aromatic rings. The Morgan fingerprint density at radius 1 is 0.667 bits per heavy atom. The zero-order valence-corrected chi connectivity index (χ0v) is 13.0. The molecule has 0 saturated carbocycles. The van der Waals surface area contributed by atoms with Gasteiger partial charge in [-0.2, -0.15) is 0 Å². The third-order valence-electron chi connectivity index (χ3n) is 3.42. The molecule has 0 atom stereocenters. The van der Waals surface area contributed by atoms with Crippen molar-refractivity contribution in [3.63, 3.8) is 0 Å². The van der Waals surface area contributed by atoms with Gasteiger partial charge in [-0.15, -0.1) is 0 Å². The molecular formula is C21H22. The zero-order chi connectivity index (χ0) is 15.1. The van der Waals surface area contributed by atoms with Crippen molar-refractivity contribution in [2.45, 2.75) is 20.8 Å². The Hall–Kier alpha value is -2.34. The Labute approximate surface area is 128 Å². The van der Waals surface area contributed by atoms with Crippen molar-refractivity contribution in [3.05, 3.63) is 94.6 Å². The van der Waals surface area contributed by atoms with E-state index in [1.807, 2.05) is 18.2 Å². The normalized spacial score (nSPS) is 12.0. The highest BCUT2D eigenvalue weighted by Crippen LogP contribution is 2.17. The van der Waals surface area contributed by atoms with Crippen LogP contribution >= 0.6 is 0 Å². The van der Waals surface area contributed by atoms with E-state index in [2.05, 4.69) is 81.5 Å². The average Bonchev–Trinajstić information content (AvgIpc) is 2.45. The molecule has 0 aliphatic carbocycles. The summed E-state index contributed by atoms with van der Waals surface area (Å²) >= 11 is 0. The molecule has 0 heterocycles. The van der Waals surface area contributed by atoms with E-state index in [1.54, 1.807) is 0 Å². The van der Waals surface area contributed by atoms with E-state index in [9.17, 15) is 0 Å². The van der Waals surface area contributed by atoms with Crippen LogP contribution in [0.15, 0.2) is 66.8 Å². The first-order chi connectivity index (χ1) is 10.2. The van der Waals surface area contributed by atoms with Crippen LogP contribution < -0.4 is 0 Å². The minimum absolute atomic E-state index is 1.22. The van der Waals surface area contributed by atoms with Crippen LogP contribution in [0, 0.1) is 20.8 Å². The molecule has 0 unspecified atom stereocenters. The fourth-order valence-corrected chi connectivity index (χ4v) is 2.46. The second-order valence-corrected chi connectivity index (χ2v) is 5.33. The van der Waals surface area contributed by atoms with Gasteiger partial charge in [-0.1, -0.05) is 84.5 Å². The largest absolute Gasteiger partial charge is 0.0622 e. The molecule has 0 aliphatic heterocycles. The van der Waals surface area contributed by atoms with E-state index in [0.29, 0.717) is 0 Å². The van der Waals surface area contributed by atoms with E-state index in [1.165, 1.54) is 27.8 Å². The predicted octanol–water partition coefficient (Wildman–Crippen LogP) is 5.89. The summed E-state index contributed by atoms with van der Waals surface area (Å²) < 4.78 is 0. The van der Waals surface area contributed by atoms with Gasteiger partial charge in [0.05, 0.1) is 0 Å². The number of allylic oxidation sites excluding steroid dienone is 4. The van der Waals surface area contributed by atoms with Crippen molar-refractivity contribution in [1.82, 2.24) is 0 Å². The maximum Gasteiger partial charge on any atom is -0.0198 e. The maximum atomic E-state index is 2.23. The minimum atomic E-state index is 1.22. The van der Waals surface area contributed by atoms with Crippen LogP contribution in [-0.2, 0) is 0 Å². The predicted molar refractivity (Wildman–Crippen MR) is 94.3 cm³/mol. The molecule has 0 aliphatic rings. The van der Waals surface area contributed by atoms with E-state index in [-0.39, 0.29) is 0 Å². The lowest BCUT2D eigenvalue weighted by atomic mass is 9.99. The summed E-state index contributed by atoms with van der Waals surface area (Å²) in [6.07, 6.45) is 12.6. The highest BCUT2D eigenvalue weighted by Gasteiger charge is 1.98. The second kappa shape index (κ2) is 7.44. The van der Waals surface area contributed by atoms with Crippen molar-refractivity contribution in [2.75, 3.05) is 0 Å². The molecule has 0 radical (unpaired) electrons. The van der Waals surface area contributed by atoms with Gasteiger partial charge in [0.25, 0.3) is 0 Å². The number of rotatable bonds is 4. The lowest BCUT2D eigenvalue weighted by Crippen LogP contribution is -1.87. The Morgan fingerprint density at radius 3 is 1.86 bits per heavy atom. The lowest BCUT2D eigenvalue weighted by molar-refractivity contribution is 1.30. The van der Waals surface area contributed by atoms with Gasteiger partial charge in [0.2, 0.25) is 0 Å². The molecule has 21 heavy (non-hydrogen) atoms. The van der Waals surface area contributed by atoms with Crippen molar-refractivity contribution in [2.24, 2.45) is 0 Å². The molecule has 2 rings (SSSR count). The second-order valence-electron chi connectivity index (χ2n) is 5.33. The molecule has 0 fully saturated rings. The van der Waals surface area contributed by atoms with Crippen LogP contribution in [0.1, 0.15) is 27.8 Å². The molecule has 0 bridgehead atoms. The van der Waals surface area contributed by atoms with Crippen LogP contribution in [0.25, 0.3) is 12.2 Å². The summed E-state index contributed by atoms with van der Waals surface area (Å²) in [5.74, 6) is 0. The van der Waals surface area contributed by atoms with Gasteiger partial charge >= 0.3 is 0 Å². The van der Waals surface area contributed by atoms with Crippen LogP contribution in [-0.4, -0.2) is 0 Å². The molecule has 0 nitrogen and oxygen atoms in total. The highest BCUT2D eigenvalue weighted by molar-refractivity contribution is 5.60. The quantitative estimate of drug-likeness (QED) is 0.609. The fraction of sp³-hybridized carbons (Fsp3) is 0.143. The Kier molecular flexibility index (Phi) is 5.34. The van der Waals surface area contributed by atoms with Crippen molar-refractivity contribution < 1.29 is 0 Å². The molecular weight excluding hydrogens is 252 g/mol. The van der Waals surface area contributed by atoms with Crippen LogP contribution in [0.3, 0.4) is 0 Å². The zero-order valence-electron chi connectivity index (χ0n) is 13.0. The Bertz CT molecular complexity index is 647. The highest BCUT2D eigenvalue weighted by atomic mass is 14.0.